The Balaban J connectivity index is 3.63. The van der Waals surface area contributed by atoms with Crippen LogP contribution in [0.3, 0.4) is 0 Å². The monoisotopic (exact) mass is 276 g/mol. The number of aliphatic hydroxyl groups is 1. The average molecular weight is 276 g/mol. The van der Waals surface area contributed by atoms with Gasteiger partial charge in [0.15, 0.2) is 17.8 Å². The van der Waals surface area contributed by atoms with Gasteiger partial charge in [-0.05, 0) is 25.0 Å². The Bertz CT molecular complexity index is 495. The van der Waals surface area contributed by atoms with Crippen molar-refractivity contribution >= 4 is 6.29 Å². The van der Waals surface area contributed by atoms with E-state index in [0.717, 1.165) is 0 Å². The molecule has 4 nitrogen and oxygen atoms in total. The Morgan fingerprint density at radius 1 is 1.20 bits per heavy atom. The molecule has 0 radical (unpaired) electrons. The molecule has 1 N–H and O–H groups in total. The lowest BCUT2D eigenvalue weighted by Gasteiger charge is -2.30. The Morgan fingerprint density at radius 2 is 1.80 bits per heavy atom. The number of hydrogen-bond acceptors (Lipinski definition) is 4. The van der Waals surface area contributed by atoms with Crippen LogP contribution in [0.4, 0.5) is 0 Å². The van der Waals surface area contributed by atoms with Gasteiger partial charge in [0, 0.05) is 11.1 Å². The van der Waals surface area contributed by atoms with Crippen molar-refractivity contribution in [3.63, 3.8) is 0 Å². The van der Waals surface area contributed by atoms with Crippen LogP contribution >= 0.6 is 0 Å². The first-order valence-corrected chi connectivity index (χ1v) is 6.22. The van der Waals surface area contributed by atoms with Crippen molar-refractivity contribution in [2.24, 2.45) is 0 Å². The molecule has 0 fully saturated rings. The predicted molar refractivity (Wildman–Crippen MR) is 78.5 cm³/mol. The van der Waals surface area contributed by atoms with Crippen LogP contribution in [0.25, 0.3) is 0 Å². The highest BCUT2D eigenvalue weighted by atomic mass is 16.5. The molecule has 1 aromatic carbocycles. The normalized spacial score (nSPS) is 10.8. The number of carbonyl (C=O) groups excluding carboxylic acids is 1. The van der Waals surface area contributed by atoms with Crippen LogP contribution in [-0.2, 0) is 5.60 Å². The molecule has 0 aliphatic heterocycles. The lowest BCUT2D eigenvalue weighted by atomic mass is 9.83. The fraction of sp³-hybridized carbons (Fsp3) is 0.312. The third-order valence-corrected chi connectivity index (χ3v) is 3.13. The van der Waals surface area contributed by atoms with Crippen LogP contribution in [0.2, 0.25) is 0 Å². The maximum atomic E-state index is 11.3. The summed E-state index contributed by atoms with van der Waals surface area (Å²) in [6, 6.07) is 3.23. The molecule has 108 valence electrons. The topological polar surface area (TPSA) is 55.8 Å². The lowest BCUT2D eigenvalue weighted by Crippen LogP contribution is -2.27. The predicted octanol–water partition coefficient (Wildman–Crippen LogP) is 2.86. The summed E-state index contributed by atoms with van der Waals surface area (Å²) in [5.74, 6) is 0.808. The highest BCUT2D eigenvalue weighted by Gasteiger charge is 2.34. The molecule has 0 aliphatic carbocycles. The summed E-state index contributed by atoms with van der Waals surface area (Å²) in [4.78, 5) is 11.3. The molecule has 0 atom stereocenters. The maximum absolute atomic E-state index is 11.3. The lowest BCUT2D eigenvalue weighted by molar-refractivity contribution is 0.0392. The zero-order valence-electron chi connectivity index (χ0n) is 11.9. The van der Waals surface area contributed by atoms with Crippen LogP contribution in [0, 0.1) is 0 Å². The number of rotatable bonds is 8. The SMILES string of the molecule is C=CCC(O)(CC=C)c1c(C=O)ccc(OC)c1OC. The molecule has 0 heterocycles. The summed E-state index contributed by atoms with van der Waals surface area (Å²) in [7, 11) is 2.97. The molecule has 20 heavy (non-hydrogen) atoms. The first kappa shape index (κ1) is 16.0. The van der Waals surface area contributed by atoms with Crippen LogP contribution in [0.15, 0.2) is 37.4 Å². The van der Waals surface area contributed by atoms with Gasteiger partial charge in [0.05, 0.1) is 14.2 Å². The fourth-order valence-electron chi connectivity index (χ4n) is 2.29. The summed E-state index contributed by atoms with van der Waals surface area (Å²) >= 11 is 0. The number of ether oxygens (including phenoxy) is 2. The Hall–Kier alpha value is -2.07. The van der Waals surface area contributed by atoms with Gasteiger partial charge >= 0.3 is 0 Å². The van der Waals surface area contributed by atoms with Crippen molar-refractivity contribution in [1.29, 1.82) is 0 Å². The second kappa shape index (κ2) is 6.91. The van der Waals surface area contributed by atoms with Gasteiger partial charge in [-0.15, -0.1) is 13.2 Å². The van der Waals surface area contributed by atoms with Gasteiger partial charge < -0.3 is 14.6 Å². The molecule has 0 saturated heterocycles. The average Bonchev–Trinajstić information content (AvgIpc) is 2.45. The van der Waals surface area contributed by atoms with E-state index in [2.05, 4.69) is 13.2 Å². The van der Waals surface area contributed by atoms with Gasteiger partial charge in [-0.3, -0.25) is 4.79 Å². The first-order chi connectivity index (χ1) is 9.57. The number of methoxy groups -OCH3 is 2. The van der Waals surface area contributed by atoms with Crippen LogP contribution in [0.1, 0.15) is 28.8 Å². The van der Waals surface area contributed by atoms with E-state index in [1.165, 1.54) is 14.2 Å². The second-order valence-corrected chi connectivity index (χ2v) is 4.40. The molecule has 0 amide bonds. The molecule has 1 rings (SSSR count). The fourth-order valence-corrected chi connectivity index (χ4v) is 2.29. The minimum atomic E-state index is -1.31. The molecule has 0 aromatic heterocycles. The summed E-state index contributed by atoms with van der Waals surface area (Å²) in [5.41, 5.74) is -0.553. The molecule has 1 aromatic rings. The number of hydrogen-bond donors (Lipinski definition) is 1. The van der Waals surface area contributed by atoms with E-state index in [9.17, 15) is 9.90 Å². The maximum Gasteiger partial charge on any atom is 0.167 e. The summed E-state index contributed by atoms with van der Waals surface area (Å²) < 4.78 is 10.6. The summed E-state index contributed by atoms with van der Waals surface area (Å²) in [6.07, 6.45) is 4.41. The van der Waals surface area contributed by atoms with Crippen LogP contribution in [0.5, 0.6) is 11.5 Å². The van der Waals surface area contributed by atoms with Gasteiger partial charge in [0.25, 0.3) is 0 Å². The van der Waals surface area contributed by atoms with E-state index in [1.807, 2.05) is 0 Å². The van der Waals surface area contributed by atoms with Crippen molar-refractivity contribution < 1.29 is 19.4 Å². The molecular formula is C16H20O4. The van der Waals surface area contributed by atoms with Crippen molar-refractivity contribution in [2.75, 3.05) is 14.2 Å². The van der Waals surface area contributed by atoms with E-state index in [4.69, 9.17) is 9.47 Å². The number of benzene rings is 1. The Labute approximate surface area is 119 Å². The largest absolute Gasteiger partial charge is 0.493 e. The van der Waals surface area contributed by atoms with Crippen molar-refractivity contribution in [3.8, 4) is 11.5 Å². The summed E-state index contributed by atoms with van der Waals surface area (Å²) in [6.45, 7) is 7.30. The zero-order chi connectivity index (χ0) is 15.2. The Morgan fingerprint density at radius 3 is 2.20 bits per heavy atom. The van der Waals surface area contributed by atoms with Crippen molar-refractivity contribution in [1.82, 2.24) is 0 Å². The molecule has 0 unspecified atom stereocenters. The highest BCUT2D eigenvalue weighted by molar-refractivity contribution is 5.81. The van der Waals surface area contributed by atoms with Crippen molar-refractivity contribution in [2.45, 2.75) is 18.4 Å². The van der Waals surface area contributed by atoms with Gasteiger partial charge in [-0.2, -0.15) is 0 Å². The van der Waals surface area contributed by atoms with Gasteiger partial charge in [0.1, 0.15) is 5.60 Å². The Kier molecular flexibility index (Phi) is 5.53. The third-order valence-electron chi connectivity index (χ3n) is 3.13. The molecule has 0 bridgehead atoms. The standard InChI is InChI=1S/C16H20O4/c1-5-9-16(18,10-6-2)14-12(11-17)7-8-13(19-3)15(14)20-4/h5-8,11,18H,1-2,9-10H2,3-4H3. The molecule has 0 spiro atoms. The number of carbonyl (C=O) groups is 1. The van der Waals surface area contributed by atoms with Gasteiger partial charge in [-0.1, -0.05) is 12.2 Å². The zero-order valence-corrected chi connectivity index (χ0v) is 11.9. The van der Waals surface area contributed by atoms with E-state index >= 15 is 0 Å². The molecular weight excluding hydrogens is 256 g/mol. The number of aldehydes is 1. The minimum absolute atomic E-state index is 0.267. The van der Waals surface area contributed by atoms with E-state index < -0.39 is 5.60 Å². The second-order valence-electron chi connectivity index (χ2n) is 4.40. The van der Waals surface area contributed by atoms with Crippen LogP contribution in [-0.4, -0.2) is 25.6 Å². The quantitative estimate of drug-likeness (QED) is 0.586. The van der Waals surface area contributed by atoms with Crippen molar-refractivity contribution in [3.05, 3.63) is 48.6 Å². The van der Waals surface area contributed by atoms with E-state index in [-0.39, 0.29) is 12.8 Å². The first-order valence-electron chi connectivity index (χ1n) is 6.22. The van der Waals surface area contributed by atoms with Crippen LogP contribution < -0.4 is 9.47 Å². The molecule has 0 saturated carbocycles. The highest BCUT2D eigenvalue weighted by Crippen LogP contribution is 2.43. The van der Waals surface area contributed by atoms with E-state index in [1.54, 1.807) is 24.3 Å². The third kappa shape index (κ3) is 2.91. The van der Waals surface area contributed by atoms with Gasteiger partial charge in [-0.25, -0.2) is 0 Å². The molecule has 0 aliphatic rings. The molecule has 4 heteroatoms. The minimum Gasteiger partial charge on any atom is -0.493 e. The summed E-state index contributed by atoms with van der Waals surface area (Å²) in [5, 5.41) is 10.9. The van der Waals surface area contributed by atoms with Gasteiger partial charge in [0.2, 0.25) is 0 Å². The van der Waals surface area contributed by atoms with E-state index in [0.29, 0.717) is 28.9 Å². The smallest absolute Gasteiger partial charge is 0.167 e.